The fraction of sp³-hybridized carbons (Fsp3) is 0.400. The van der Waals surface area contributed by atoms with Gasteiger partial charge in [0.05, 0.1) is 12.1 Å². The summed E-state index contributed by atoms with van der Waals surface area (Å²) in [6.07, 6.45) is 2.10. The molecule has 1 fully saturated rings. The second-order valence-corrected chi connectivity index (χ2v) is 5.74. The minimum absolute atomic E-state index is 0.181. The molecule has 1 heterocycles. The van der Waals surface area contributed by atoms with Gasteiger partial charge in [-0.3, -0.25) is 4.79 Å². The summed E-state index contributed by atoms with van der Waals surface area (Å²) in [5.41, 5.74) is 5.84. The van der Waals surface area contributed by atoms with Crippen LogP contribution >= 0.6 is 11.8 Å². The van der Waals surface area contributed by atoms with Crippen LogP contribution in [0, 0.1) is 17.7 Å². The Bertz CT molecular complexity index is 545. The van der Waals surface area contributed by atoms with Crippen LogP contribution in [0.25, 0.3) is 0 Å². The molecule has 0 spiro atoms. The van der Waals surface area contributed by atoms with Gasteiger partial charge in [0.1, 0.15) is 5.82 Å². The van der Waals surface area contributed by atoms with Crippen molar-refractivity contribution in [3.05, 3.63) is 35.1 Å². The number of thioether (sulfide) groups is 1. The number of benzene rings is 1. The van der Waals surface area contributed by atoms with Crippen molar-refractivity contribution in [3.8, 4) is 11.8 Å². The van der Waals surface area contributed by atoms with Crippen LogP contribution in [0.1, 0.15) is 28.8 Å². The number of nitrogens with one attached hydrogen (secondary N) is 1. The highest BCUT2D eigenvalue weighted by molar-refractivity contribution is 7.99. The third kappa shape index (κ3) is 3.99. The van der Waals surface area contributed by atoms with E-state index in [9.17, 15) is 9.18 Å². The molecule has 5 heteroatoms. The smallest absolute Gasteiger partial charge is 0.251 e. The lowest BCUT2D eigenvalue weighted by molar-refractivity contribution is 0.0938. The molecule has 1 aromatic rings. The molecule has 1 atom stereocenters. The minimum Gasteiger partial charge on any atom is -0.348 e. The second-order valence-electron chi connectivity index (χ2n) is 4.59. The van der Waals surface area contributed by atoms with E-state index in [0.717, 1.165) is 24.3 Å². The Balaban J connectivity index is 2.04. The lowest BCUT2D eigenvalue weighted by Crippen LogP contribution is -2.38. The molecule has 3 nitrogen and oxygen atoms in total. The van der Waals surface area contributed by atoms with Crippen molar-refractivity contribution in [2.24, 2.45) is 5.73 Å². The number of amides is 1. The van der Waals surface area contributed by atoms with Gasteiger partial charge in [-0.2, -0.15) is 11.8 Å². The summed E-state index contributed by atoms with van der Waals surface area (Å²) in [6, 6.07) is 4.52. The van der Waals surface area contributed by atoms with Crippen molar-refractivity contribution in [1.82, 2.24) is 5.32 Å². The third-order valence-corrected chi connectivity index (χ3v) is 4.27. The van der Waals surface area contributed by atoms with Crippen molar-refractivity contribution < 1.29 is 9.18 Å². The van der Waals surface area contributed by atoms with E-state index in [1.807, 2.05) is 11.8 Å². The Morgan fingerprint density at radius 3 is 3.05 bits per heavy atom. The molecule has 0 bridgehead atoms. The van der Waals surface area contributed by atoms with Crippen LogP contribution in [-0.4, -0.2) is 30.0 Å². The van der Waals surface area contributed by atoms with Gasteiger partial charge in [0, 0.05) is 17.4 Å². The number of rotatable bonds is 2. The molecule has 1 saturated heterocycles. The van der Waals surface area contributed by atoms with Crippen LogP contribution in [0.15, 0.2) is 18.2 Å². The predicted molar refractivity (Wildman–Crippen MR) is 80.1 cm³/mol. The Kier molecular flexibility index (Phi) is 5.45. The van der Waals surface area contributed by atoms with Gasteiger partial charge in [-0.15, -0.1) is 0 Å². The number of nitrogens with two attached hydrogens (primary N) is 1. The second kappa shape index (κ2) is 7.32. The van der Waals surface area contributed by atoms with Crippen LogP contribution in [0.5, 0.6) is 0 Å². The van der Waals surface area contributed by atoms with Crippen molar-refractivity contribution in [2.45, 2.75) is 18.9 Å². The molecular formula is C15H17FN2OS. The number of halogens is 1. The molecule has 1 amide bonds. The van der Waals surface area contributed by atoms with Gasteiger partial charge >= 0.3 is 0 Å². The van der Waals surface area contributed by atoms with E-state index >= 15 is 0 Å². The Labute approximate surface area is 122 Å². The largest absolute Gasteiger partial charge is 0.348 e. The predicted octanol–water partition coefficient (Wildman–Crippen LogP) is 1.76. The molecule has 0 aliphatic carbocycles. The van der Waals surface area contributed by atoms with E-state index in [1.165, 1.54) is 12.1 Å². The monoisotopic (exact) mass is 292 g/mol. The maximum absolute atomic E-state index is 13.8. The van der Waals surface area contributed by atoms with E-state index in [1.54, 1.807) is 6.07 Å². The molecule has 20 heavy (non-hydrogen) atoms. The molecule has 2 rings (SSSR count). The molecular weight excluding hydrogens is 275 g/mol. The highest BCUT2D eigenvalue weighted by Crippen LogP contribution is 2.17. The molecule has 1 aromatic carbocycles. The van der Waals surface area contributed by atoms with Gasteiger partial charge in [-0.25, -0.2) is 4.39 Å². The first-order chi connectivity index (χ1) is 9.70. The number of carbonyl (C=O) groups is 1. The van der Waals surface area contributed by atoms with Crippen LogP contribution < -0.4 is 11.1 Å². The zero-order valence-electron chi connectivity index (χ0n) is 11.1. The molecule has 0 saturated carbocycles. The lowest BCUT2D eigenvalue weighted by atomic mass is 10.1. The molecule has 106 valence electrons. The summed E-state index contributed by atoms with van der Waals surface area (Å²) in [5.74, 6) is 6.59. The van der Waals surface area contributed by atoms with Crippen LogP contribution in [0.4, 0.5) is 4.39 Å². The van der Waals surface area contributed by atoms with Crippen molar-refractivity contribution in [3.63, 3.8) is 0 Å². The maximum atomic E-state index is 13.8. The first-order valence-electron chi connectivity index (χ1n) is 6.58. The summed E-state index contributed by atoms with van der Waals surface area (Å²) in [5, 5.41) is 2.94. The van der Waals surface area contributed by atoms with E-state index in [-0.39, 0.29) is 24.1 Å². The van der Waals surface area contributed by atoms with Gasteiger partial charge in [-0.05, 0) is 36.8 Å². The van der Waals surface area contributed by atoms with Crippen molar-refractivity contribution in [2.75, 3.05) is 18.1 Å². The standard InChI is InChI=1S/C15H17FN2OS/c16-14-9-12(6-5-11(14)3-1-7-17)15(19)18-13-4-2-8-20-10-13/h5-6,9,13H,2,4,7-8,10,17H2,(H,18,19). The fourth-order valence-corrected chi connectivity index (χ4v) is 3.10. The minimum atomic E-state index is -0.489. The highest BCUT2D eigenvalue weighted by atomic mass is 32.2. The third-order valence-electron chi connectivity index (χ3n) is 3.05. The maximum Gasteiger partial charge on any atom is 0.251 e. The van der Waals surface area contributed by atoms with E-state index in [0.29, 0.717) is 5.56 Å². The van der Waals surface area contributed by atoms with Gasteiger partial charge in [0.2, 0.25) is 0 Å². The topological polar surface area (TPSA) is 55.1 Å². The average Bonchev–Trinajstić information content (AvgIpc) is 2.47. The van der Waals surface area contributed by atoms with Crippen LogP contribution in [0.3, 0.4) is 0 Å². The molecule has 0 aromatic heterocycles. The van der Waals surface area contributed by atoms with Crippen molar-refractivity contribution in [1.29, 1.82) is 0 Å². The van der Waals surface area contributed by atoms with E-state index < -0.39 is 5.82 Å². The summed E-state index contributed by atoms with van der Waals surface area (Å²) < 4.78 is 13.8. The summed E-state index contributed by atoms with van der Waals surface area (Å²) in [4.78, 5) is 12.0. The number of hydrogen-bond acceptors (Lipinski definition) is 3. The van der Waals surface area contributed by atoms with Crippen LogP contribution in [-0.2, 0) is 0 Å². The Morgan fingerprint density at radius 2 is 2.40 bits per heavy atom. The van der Waals surface area contributed by atoms with Crippen molar-refractivity contribution >= 4 is 17.7 Å². The summed E-state index contributed by atoms with van der Waals surface area (Å²) in [6.45, 7) is 0.182. The highest BCUT2D eigenvalue weighted by Gasteiger charge is 2.17. The van der Waals surface area contributed by atoms with Gasteiger partial charge in [0.25, 0.3) is 5.91 Å². The zero-order valence-corrected chi connectivity index (χ0v) is 11.9. The van der Waals surface area contributed by atoms with E-state index in [2.05, 4.69) is 17.2 Å². The Hall–Kier alpha value is -1.51. The quantitative estimate of drug-likeness (QED) is 0.817. The first-order valence-corrected chi connectivity index (χ1v) is 7.73. The molecule has 1 aliphatic heterocycles. The molecule has 3 N–H and O–H groups in total. The van der Waals surface area contributed by atoms with Gasteiger partial charge < -0.3 is 11.1 Å². The Morgan fingerprint density at radius 1 is 1.55 bits per heavy atom. The molecule has 1 aliphatic rings. The molecule has 1 unspecified atom stereocenters. The lowest BCUT2D eigenvalue weighted by Gasteiger charge is -2.22. The molecule has 0 radical (unpaired) electrons. The fourth-order valence-electron chi connectivity index (χ4n) is 2.03. The van der Waals surface area contributed by atoms with Gasteiger partial charge in [0.15, 0.2) is 0 Å². The zero-order chi connectivity index (χ0) is 14.4. The van der Waals surface area contributed by atoms with E-state index in [4.69, 9.17) is 5.73 Å². The normalized spacial score (nSPS) is 18.0. The SMILES string of the molecule is NCC#Cc1ccc(C(=O)NC2CCCSC2)cc1F. The summed E-state index contributed by atoms with van der Waals surface area (Å²) >= 11 is 1.84. The number of carbonyl (C=O) groups excluding carboxylic acids is 1. The summed E-state index contributed by atoms with van der Waals surface area (Å²) in [7, 11) is 0. The first kappa shape index (κ1) is 14.9. The average molecular weight is 292 g/mol. The van der Waals surface area contributed by atoms with Crippen LogP contribution in [0.2, 0.25) is 0 Å². The number of hydrogen-bond donors (Lipinski definition) is 2. The van der Waals surface area contributed by atoms with Gasteiger partial charge in [-0.1, -0.05) is 11.8 Å².